The number of anilines is 1. The normalized spacial score (nSPS) is 19.7. The van der Waals surface area contributed by atoms with Gasteiger partial charge in [-0.25, -0.2) is 4.39 Å². The number of benzene rings is 2. The molecular formula is C34H38BrFN2O5. The largest absolute Gasteiger partial charge is 0.490 e. The summed E-state index contributed by atoms with van der Waals surface area (Å²) < 4.78 is 26.4. The number of hydrogen-bond donors (Lipinski definition) is 1. The number of hydrogen-bond acceptors (Lipinski definition) is 6. The summed E-state index contributed by atoms with van der Waals surface area (Å²) in [6.45, 7) is 10.2. The number of nitrogens with one attached hydrogen (secondary N) is 1. The molecule has 1 N–H and O–H groups in total. The molecule has 0 aromatic heterocycles. The minimum Gasteiger partial charge on any atom is -0.490 e. The van der Waals surface area contributed by atoms with E-state index in [-0.39, 0.29) is 34.7 Å². The Labute approximate surface area is 260 Å². The minimum atomic E-state index is -0.543. The van der Waals surface area contributed by atoms with Crippen LogP contribution in [0.25, 0.3) is 0 Å². The van der Waals surface area contributed by atoms with E-state index < -0.39 is 17.6 Å². The third kappa shape index (κ3) is 6.14. The zero-order chi connectivity index (χ0) is 31.3. The molecule has 0 radical (unpaired) electrons. The zero-order valence-electron chi connectivity index (χ0n) is 25.5. The molecule has 5 rings (SSSR count). The van der Waals surface area contributed by atoms with Crippen LogP contribution in [0.1, 0.15) is 71.8 Å². The van der Waals surface area contributed by atoms with Gasteiger partial charge in [0.1, 0.15) is 5.82 Å². The Balaban J connectivity index is 1.55. The Bertz CT molecular complexity index is 1520. The molecule has 1 heterocycles. The van der Waals surface area contributed by atoms with Gasteiger partial charge in [0.05, 0.1) is 16.8 Å². The standard InChI is InChI=1S/C34H38BrFN2O5/c1-7-42-27-13-19(12-20(35)32(27)43-18-28(41)37-22-11-9-8-10-21(22)36)29-30-23(14-33(2,3)16-25(30)39)38(6)24-15-34(4,5)17-26(40)31(24)29/h8-13,29H,7,14-18H2,1-6H3,(H,37,41). The fourth-order valence-electron chi connectivity index (χ4n) is 6.54. The second kappa shape index (κ2) is 11.6. The summed E-state index contributed by atoms with van der Waals surface area (Å²) in [4.78, 5) is 42.4. The number of halogens is 2. The van der Waals surface area contributed by atoms with Crippen LogP contribution in [0.3, 0.4) is 0 Å². The van der Waals surface area contributed by atoms with Crippen LogP contribution in [0.4, 0.5) is 10.1 Å². The van der Waals surface area contributed by atoms with Gasteiger partial charge in [-0.15, -0.1) is 0 Å². The first kappa shape index (κ1) is 31.0. The van der Waals surface area contributed by atoms with Crippen LogP contribution in [0.15, 0.2) is 63.4 Å². The molecule has 7 nitrogen and oxygen atoms in total. The predicted octanol–water partition coefficient (Wildman–Crippen LogP) is 7.32. The van der Waals surface area contributed by atoms with Gasteiger partial charge in [-0.3, -0.25) is 14.4 Å². The van der Waals surface area contributed by atoms with Crippen molar-refractivity contribution in [2.45, 2.75) is 66.2 Å². The molecule has 0 atom stereocenters. The number of allylic oxidation sites excluding steroid dienone is 4. The Kier molecular flexibility index (Phi) is 8.33. The highest BCUT2D eigenvalue weighted by molar-refractivity contribution is 9.10. The maximum absolute atomic E-state index is 14.0. The molecule has 43 heavy (non-hydrogen) atoms. The van der Waals surface area contributed by atoms with Crippen LogP contribution in [-0.2, 0) is 14.4 Å². The quantitative estimate of drug-likeness (QED) is 0.337. The molecule has 1 amide bonds. The molecular weight excluding hydrogens is 615 g/mol. The van der Waals surface area contributed by atoms with E-state index >= 15 is 0 Å². The Morgan fingerprint density at radius 2 is 1.56 bits per heavy atom. The van der Waals surface area contributed by atoms with E-state index in [4.69, 9.17) is 9.47 Å². The Morgan fingerprint density at radius 3 is 2.12 bits per heavy atom. The summed E-state index contributed by atoms with van der Waals surface area (Å²) in [7, 11) is 1.98. The SMILES string of the molecule is CCOc1cc(C2C3=C(CC(C)(C)CC3=O)N(C)C3=C2C(=O)CC(C)(C)C3)cc(Br)c1OCC(=O)Nc1ccccc1F. The van der Waals surface area contributed by atoms with E-state index in [2.05, 4.69) is 53.8 Å². The number of Topliss-reactive ketones (excluding diaryl/α,β-unsaturated/α-hetero) is 2. The third-order valence-corrected chi connectivity index (χ3v) is 8.93. The maximum Gasteiger partial charge on any atom is 0.262 e. The number of carbonyl (C=O) groups excluding carboxylic acids is 3. The fraction of sp³-hybridized carbons (Fsp3) is 0.441. The highest BCUT2D eigenvalue weighted by Crippen LogP contribution is 2.55. The van der Waals surface area contributed by atoms with E-state index in [0.717, 1.165) is 29.8 Å². The van der Waals surface area contributed by atoms with E-state index in [9.17, 15) is 18.8 Å². The number of ketones is 2. The van der Waals surface area contributed by atoms with Gasteiger partial charge in [0.15, 0.2) is 29.7 Å². The van der Waals surface area contributed by atoms with Gasteiger partial charge >= 0.3 is 0 Å². The van der Waals surface area contributed by atoms with Gasteiger partial charge in [0.25, 0.3) is 5.91 Å². The van der Waals surface area contributed by atoms with E-state index in [1.165, 1.54) is 12.1 Å². The van der Waals surface area contributed by atoms with Crippen molar-refractivity contribution in [3.63, 3.8) is 0 Å². The second-order valence-corrected chi connectivity index (χ2v) is 14.0. The molecule has 1 aliphatic heterocycles. The van der Waals surface area contributed by atoms with Crippen molar-refractivity contribution in [1.82, 2.24) is 4.90 Å². The van der Waals surface area contributed by atoms with Crippen molar-refractivity contribution < 1.29 is 28.2 Å². The van der Waals surface area contributed by atoms with Crippen LogP contribution in [-0.4, -0.2) is 42.6 Å². The molecule has 0 spiro atoms. The average Bonchev–Trinajstić information content (AvgIpc) is 2.89. The van der Waals surface area contributed by atoms with E-state index in [0.29, 0.717) is 46.6 Å². The molecule has 0 saturated heterocycles. The number of rotatable bonds is 7. The average molecular weight is 654 g/mol. The lowest BCUT2D eigenvalue weighted by atomic mass is 9.64. The van der Waals surface area contributed by atoms with Gasteiger partial charge in [0.2, 0.25) is 0 Å². The van der Waals surface area contributed by atoms with Crippen LogP contribution in [0.5, 0.6) is 11.5 Å². The van der Waals surface area contributed by atoms with E-state index in [1.54, 1.807) is 12.1 Å². The molecule has 2 aromatic carbocycles. The molecule has 0 bridgehead atoms. The van der Waals surface area contributed by atoms with Crippen LogP contribution in [0.2, 0.25) is 0 Å². The minimum absolute atomic E-state index is 0.0477. The Morgan fingerprint density at radius 1 is 0.977 bits per heavy atom. The van der Waals surface area contributed by atoms with Crippen LogP contribution < -0.4 is 14.8 Å². The first-order chi connectivity index (χ1) is 20.2. The number of nitrogens with zero attached hydrogens (tertiary/aromatic N) is 1. The summed E-state index contributed by atoms with van der Waals surface area (Å²) in [5.41, 5.74) is 3.68. The monoisotopic (exact) mass is 652 g/mol. The summed E-state index contributed by atoms with van der Waals surface area (Å²) in [6, 6.07) is 9.56. The van der Waals surface area contributed by atoms with Crippen molar-refractivity contribution in [2.24, 2.45) is 10.8 Å². The fourth-order valence-corrected chi connectivity index (χ4v) is 7.12. The highest BCUT2D eigenvalue weighted by Gasteiger charge is 2.48. The zero-order valence-corrected chi connectivity index (χ0v) is 27.1. The molecule has 2 aliphatic carbocycles. The van der Waals surface area contributed by atoms with Crippen molar-refractivity contribution in [1.29, 1.82) is 0 Å². The van der Waals surface area contributed by atoms with E-state index in [1.807, 2.05) is 26.1 Å². The summed E-state index contributed by atoms with van der Waals surface area (Å²) in [5.74, 6) is -0.841. The maximum atomic E-state index is 14.0. The lowest BCUT2D eigenvalue weighted by molar-refractivity contribution is -0.120. The van der Waals surface area contributed by atoms with Gasteiger partial charge in [0, 0.05) is 48.3 Å². The smallest absolute Gasteiger partial charge is 0.262 e. The lowest BCUT2D eigenvalue weighted by Crippen LogP contribution is -2.43. The lowest BCUT2D eigenvalue weighted by Gasteiger charge is -2.48. The second-order valence-electron chi connectivity index (χ2n) is 13.2. The van der Waals surface area contributed by atoms with Crippen molar-refractivity contribution >= 4 is 39.1 Å². The molecule has 3 aliphatic rings. The summed E-state index contributed by atoms with van der Waals surface area (Å²) in [5, 5.41) is 2.52. The Hall–Kier alpha value is -3.46. The molecule has 0 saturated carbocycles. The molecule has 0 unspecified atom stereocenters. The first-order valence-corrected chi connectivity index (χ1v) is 15.4. The highest BCUT2D eigenvalue weighted by atomic mass is 79.9. The summed E-state index contributed by atoms with van der Waals surface area (Å²) >= 11 is 3.61. The topological polar surface area (TPSA) is 84.9 Å². The molecule has 2 aromatic rings. The van der Waals surface area contributed by atoms with Crippen molar-refractivity contribution in [2.75, 3.05) is 25.6 Å². The number of amides is 1. The molecule has 228 valence electrons. The third-order valence-electron chi connectivity index (χ3n) is 8.34. The number of ether oxygens (including phenoxy) is 2. The van der Waals surface area contributed by atoms with Gasteiger partial charge in [-0.05, 0) is 76.4 Å². The first-order valence-electron chi connectivity index (χ1n) is 14.6. The predicted molar refractivity (Wildman–Crippen MR) is 166 cm³/mol. The van der Waals surface area contributed by atoms with Crippen LogP contribution in [0, 0.1) is 16.6 Å². The van der Waals surface area contributed by atoms with Gasteiger partial charge < -0.3 is 19.7 Å². The van der Waals surface area contributed by atoms with Gasteiger partial charge in [-0.2, -0.15) is 0 Å². The molecule has 0 fully saturated rings. The van der Waals surface area contributed by atoms with Gasteiger partial charge in [-0.1, -0.05) is 39.8 Å². The number of para-hydroxylation sites is 1. The van der Waals surface area contributed by atoms with Crippen molar-refractivity contribution in [3.05, 3.63) is 74.8 Å². The molecule has 9 heteroatoms. The van der Waals surface area contributed by atoms with Crippen molar-refractivity contribution in [3.8, 4) is 11.5 Å². The van der Waals surface area contributed by atoms with Crippen LogP contribution >= 0.6 is 15.9 Å². The number of carbonyl (C=O) groups is 3. The summed E-state index contributed by atoms with van der Waals surface area (Å²) in [6.07, 6.45) is 2.25.